The molecule has 6 aliphatic rings. The number of aromatic nitrogens is 2. The fraction of sp³-hybridized carbons (Fsp3) is 0.568. The minimum Gasteiger partial charge on any atom is -0.497 e. The maximum atomic E-state index is 14.4. The van der Waals surface area contributed by atoms with Gasteiger partial charge in [0.05, 0.1) is 74.0 Å². The summed E-state index contributed by atoms with van der Waals surface area (Å²) < 4.78 is 38.3. The zero-order chi connectivity index (χ0) is 65.0. The van der Waals surface area contributed by atoms with Crippen molar-refractivity contribution in [2.75, 3.05) is 95.0 Å². The van der Waals surface area contributed by atoms with E-state index in [2.05, 4.69) is 55.4 Å². The zero-order valence-electron chi connectivity index (χ0n) is 56.2. The molecule has 4 atom stereocenters. The highest BCUT2D eigenvalue weighted by Gasteiger charge is 2.65. The van der Waals surface area contributed by atoms with E-state index in [0.717, 1.165) is 110 Å². The van der Waals surface area contributed by atoms with Gasteiger partial charge in [0, 0.05) is 91.1 Å². The van der Waals surface area contributed by atoms with Crippen molar-refractivity contribution in [2.24, 2.45) is 10.8 Å². The van der Waals surface area contributed by atoms with E-state index in [1.54, 1.807) is 14.2 Å². The lowest BCUT2D eigenvalue weighted by molar-refractivity contribution is -0.144. The molecule has 4 fully saturated rings. The molecule has 1 amide bonds. The standard InChI is InChI=1S/C37H49N3O5.C31H35NO5.C6H16N2O/c1-36(2,3)45-34(41)25-12-14-28-31(20-25)40-23-37(35(42)39(5)17-19-44-18-16-38-4)22-30(37)29-21-26(43-6)13-15-27(29)33(40)32(28)24-10-8-7-9-11-24;1-30(2,3)37-28(33)19-10-12-22-25(14-19)32-17-31(29(34)35)16-24(31)23-15-20(36-4)11-13-21(23)27(32)26(22)18-8-6-5-7-9-18;1-7-3-5-9-6-4-8-2/h12-15,20-21,24,30,38H,7-11,16-19,22-23H2,1-6H3;10-15,18,24H,5-9,16-17H2,1-4H3,(H,34,35);7-8H,3-6H2,1-2H3/t30-,37-;24-,31-;/m11./s1. The third-order valence-electron chi connectivity index (χ3n) is 19.6. The summed E-state index contributed by atoms with van der Waals surface area (Å²) in [5.74, 6) is 1.13. The number of ether oxygens (including phenoxy) is 6. The maximum absolute atomic E-state index is 14.4. The first-order chi connectivity index (χ1) is 43.6. The second-order valence-electron chi connectivity index (χ2n) is 28.1. The number of nitrogens with one attached hydrogen (secondary N) is 3. The molecule has 4 N–H and O–H groups in total. The Labute approximate surface area is 538 Å². The van der Waals surface area contributed by atoms with Crippen molar-refractivity contribution in [3.63, 3.8) is 0 Å². The van der Waals surface area contributed by atoms with Gasteiger partial charge >= 0.3 is 17.9 Å². The van der Waals surface area contributed by atoms with E-state index in [1.807, 2.05) is 117 Å². The quantitative estimate of drug-likeness (QED) is 0.0417. The number of amides is 1. The van der Waals surface area contributed by atoms with Gasteiger partial charge in [-0.05, 0) is 196 Å². The van der Waals surface area contributed by atoms with Gasteiger partial charge < -0.3 is 63.5 Å². The predicted octanol–water partition coefficient (Wildman–Crippen LogP) is 12.8. The maximum Gasteiger partial charge on any atom is 0.338 e. The molecule has 17 nitrogen and oxygen atoms in total. The smallest absolute Gasteiger partial charge is 0.338 e. The molecule has 91 heavy (non-hydrogen) atoms. The van der Waals surface area contributed by atoms with Gasteiger partial charge in [-0.25, -0.2) is 9.59 Å². The second kappa shape index (κ2) is 28.2. The van der Waals surface area contributed by atoms with Crippen molar-refractivity contribution in [1.82, 2.24) is 30.0 Å². The number of carboxylic acid groups (broad SMARTS) is 1. The number of esters is 2. The van der Waals surface area contributed by atoms with Crippen LogP contribution >= 0.6 is 0 Å². The Morgan fingerprint density at radius 3 is 1.37 bits per heavy atom. The SMILES string of the molecule is CNCCOCCN(C)C(=O)[C@@]12C[C@@H]1c1cc(OC)ccc1-c1c(C3CCCCC3)c3ccc(C(=O)OC(C)(C)C)cc3n1C2.CNCCOCCNC.COc1ccc2c(c1)[C@H]1C[C@@]1(C(=O)O)Cn1c-2c(C2CCCCC2)c2ccc(C(=O)OC(C)(C)C)cc21. The zero-order valence-corrected chi connectivity index (χ0v) is 56.2. The minimum atomic E-state index is -0.857. The van der Waals surface area contributed by atoms with Crippen LogP contribution in [0.25, 0.3) is 44.3 Å². The lowest BCUT2D eigenvalue weighted by Crippen LogP contribution is -2.39. The molecule has 0 radical (unpaired) electrons. The first-order valence-electron chi connectivity index (χ1n) is 33.4. The number of rotatable bonds is 20. The molecule has 17 heteroatoms. The molecule has 4 saturated carbocycles. The fourth-order valence-corrected chi connectivity index (χ4v) is 14.9. The number of fused-ring (bicyclic) bond motifs is 14. The Hall–Kier alpha value is -6.76. The van der Waals surface area contributed by atoms with Crippen LogP contribution in [0.15, 0.2) is 72.8 Å². The van der Waals surface area contributed by atoms with E-state index in [0.29, 0.717) is 62.2 Å². The average Bonchev–Trinajstić information content (AvgIpc) is 1.53. The Morgan fingerprint density at radius 1 is 0.560 bits per heavy atom. The monoisotopic (exact) mass is 1250 g/mol. The average molecular weight is 1250 g/mol. The number of methoxy groups -OCH3 is 2. The number of aliphatic carboxylic acids is 1. The fourth-order valence-electron chi connectivity index (χ4n) is 14.9. The summed E-state index contributed by atoms with van der Waals surface area (Å²) in [5, 5.41) is 21.8. The van der Waals surface area contributed by atoms with Crippen molar-refractivity contribution in [2.45, 2.75) is 167 Å². The lowest BCUT2D eigenvalue weighted by Gasteiger charge is -2.25. The van der Waals surface area contributed by atoms with E-state index in [-0.39, 0.29) is 29.7 Å². The van der Waals surface area contributed by atoms with Crippen molar-refractivity contribution in [3.8, 4) is 34.0 Å². The van der Waals surface area contributed by atoms with Crippen LogP contribution < -0.4 is 25.4 Å². The third-order valence-corrected chi connectivity index (χ3v) is 19.6. The predicted molar refractivity (Wildman–Crippen MR) is 358 cm³/mol. The van der Waals surface area contributed by atoms with Crippen molar-refractivity contribution >= 4 is 45.6 Å². The van der Waals surface area contributed by atoms with E-state index < -0.39 is 28.0 Å². The topological polar surface area (TPSA) is 193 Å². The Bertz CT molecular complexity index is 3590. The van der Waals surface area contributed by atoms with Gasteiger partial charge in [-0.3, -0.25) is 9.59 Å². The van der Waals surface area contributed by atoms with Crippen LogP contribution in [0.3, 0.4) is 0 Å². The van der Waals surface area contributed by atoms with Gasteiger partial charge in [-0.2, -0.15) is 0 Å². The highest BCUT2D eigenvalue weighted by atomic mass is 16.6. The molecule has 0 bridgehead atoms. The van der Waals surface area contributed by atoms with Gasteiger partial charge in [0.15, 0.2) is 0 Å². The van der Waals surface area contributed by atoms with Gasteiger partial charge in [0.2, 0.25) is 5.91 Å². The summed E-state index contributed by atoms with van der Waals surface area (Å²) in [6.07, 6.45) is 13.3. The summed E-state index contributed by atoms with van der Waals surface area (Å²) in [7, 11) is 11.0. The van der Waals surface area contributed by atoms with E-state index in [9.17, 15) is 24.3 Å². The van der Waals surface area contributed by atoms with E-state index in [4.69, 9.17) is 28.4 Å². The summed E-state index contributed by atoms with van der Waals surface area (Å²) in [6, 6.07) is 24.4. The number of nitrogens with zero attached hydrogens (tertiary/aromatic N) is 3. The first kappa shape index (κ1) is 67.1. The van der Waals surface area contributed by atoms with Gasteiger partial charge in [0.25, 0.3) is 0 Å². The Kier molecular flexibility index (Phi) is 20.8. The van der Waals surface area contributed by atoms with Crippen LogP contribution in [0.4, 0.5) is 0 Å². The molecule has 12 rings (SSSR count). The number of benzene rings is 4. The van der Waals surface area contributed by atoms with Crippen molar-refractivity contribution in [1.29, 1.82) is 0 Å². The molecular weight excluding hydrogens is 1150 g/mol. The number of hydrogen-bond acceptors (Lipinski definition) is 13. The number of carboxylic acids is 1. The number of carbonyl (C=O) groups is 4. The van der Waals surface area contributed by atoms with Gasteiger partial charge in [-0.1, -0.05) is 50.7 Å². The summed E-state index contributed by atoms with van der Waals surface area (Å²) >= 11 is 0. The molecule has 492 valence electrons. The minimum absolute atomic E-state index is 0.0571. The normalized spacial score (nSPS) is 20.7. The molecule has 4 heterocycles. The largest absolute Gasteiger partial charge is 0.497 e. The van der Waals surface area contributed by atoms with E-state index in [1.165, 1.54) is 71.9 Å². The molecule has 2 aliphatic heterocycles. The Balaban J connectivity index is 0.000000178. The second-order valence-corrected chi connectivity index (χ2v) is 28.1. The van der Waals surface area contributed by atoms with Crippen LogP contribution in [-0.4, -0.2) is 149 Å². The number of hydrogen-bond donors (Lipinski definition) is 4. The van der Waals surface area contributed by atoms with Crippen LogP contribution in [0.5, 0.6) is 11.5 Å². The van der Waals surface area contributed by atoms with Crippen LogP contribution in [-0.2, 0) is 41.6 Å². The summed E-state index contributed by atoms with van der Waals surface area (Å²) in [6.45, 7) is 18.1. The van der Waals surface area contributed by atoms with Crippen LogP contribution in [0, 0.1) is 10.8 Å². The van der Waals surface area contributed by atoms with Gasteiger partial charge in [-0.15, -0.1) is 0 Å². The third kappa shape index (κ3) is 14.3. The van der Waals surface area contributed by atoms with Crippen molar-refractivity contribution < 1.29 is 52.7 Å². The summed E-state index contributed by atoms with van der Waals surface area (Å²) in [4.78, 5) is 55.3. The molecule has 6 aromatic rings. The molecule has 0 saturated heterocycles. The molecule has 0 unspecified atom stereocenters. The molecule has 4 aliphatic carbocycles. The van der Waals surface area contributed by atoms with Crippen molar-refractivity contribution in [3.05, 3.63) is 106 Å². The van der Waals surface area contributed by atoms with Crippen LogP contribution in [0.1, 0.15) is 185 Å². The van der Waals surface area contributed by atoms with E-state index >= 15 is 0 Å². The molecular formula is C74H100N6O11. The van der Waals surface area contributed by atoms with Gasteiger partial charge in [0.1, 0.15) is 22.7 Å². The summed E-state index contributed by atoms with van der Waals surface area (Å²) in [5.41, 5.74) is 9.86. The number of likely N-dealkylation sites (N-methyl/N-ethyl adjacent to an activating group) is 4. The Morgan fingerprint density at radius 2 is 0.967 bits per heavy atom. The lowest BCUT2D eigenvalue weighted by atomic mass is 9.81. The number of carbonyl (C=O) groups excluding carboxylic acids is 3. The van der Waals surface area contributed by atoms with Crippen LogP contribution in [0.2, 0.25) is 0 Å². The first-order valence-corrected chi connectivity index (χ1v) is 33.4. The molecule has 0 spiro atoms. The highest BCUT2D eigenvalue weighted by molar-refractivity contribution is 6.02. The molecule has 2 aromatic heterocycles. The highest BCUT2D eigenvalue weighted by Crippen LogP contribution is 2.67. The molecule has 4 aromatic carbocycles.